The Morgan fingerprint density at radius 1 is 1.53 bits per heavy atom. The van der Waals surface area contributed by atoms with Crippen LogP contribution in [0.3, 0.4) is 0 Å². The van der Waals surface area contributed by atoms with E-state index < -0.39 is 0 Å². The molecule has 3 nitrogen and oxygen atoms in total. The van der Waals surface area contributed by atoms with E-state index in [4.69, 9.17) is 10.6 Å². The first-order valence-corrected chi connectivity index (χ1v) is 6.10. The summed E-state index contributed by atoms with van der Waals surface area (Å²) in [6, 6.07) is 0.246. The lowest BCUT2D eigenvalue weighted by Crippen LogP contribution is -2.42. The van der Waals surface area contributed by atoms with Crippen molar-refractivity contribution < 1.29 is 4.74 Å². The molecule has 3 atom stereocenters. The summed E-state index contributed by atoms with van der Waals surface area (Å²) >= 11 is 0. The second kappa shape index (κ2) is 4.99. The number of ether oxygens (including phenoxy) is 1. The van der Waals surface area contributed by atoms with Crippen LogP contribution in [0, 0.1) is 11.8 Å². The van der Waals surface area contributed by atoms with Gasteiger partial charge in [-0.2, -0.15) is 0 Å². The average Bonchev–Trinajstić information content (AvgIpc) is 2.68. The first kappa shape index (κ1) is 11.0. The van der Waals surface area contributed by atoms with Gasteiger partial charge in [-0.25, -0.2) is 5.43 Å². The van der Waals surface area contributed by atoms with Gasteiger partial charge in [-0.1, -0.05) is 13.3 Å². The minimum atomic E-state index is 0.246. The maximum Gasteiger partial charge on any atom is 0.111 e. The highest BCUT2D eigenvalue weighted by Gasteiger charge is 2.31. The SMILES string of the molecule is CC1CCC(C(NN)C2=CCCCO2)C1. The summed E-state index contributed by atoms with van der Waals surface area (Å²) in [4.78, 5) is 0. The van der Waals surface area contributed by atoms with Crippen LogP contribution in [0.1, 0.15) is 39.0 Å². The molecule has 0 aromatic heterocycles. The highest BCUT2D eigenvalue weighted by molar-refractivity contribution is 5.08. The lowest BCUT2D eigenvalue weighted by Gasteiger charge is -2.27. The molecule has 1 heterocycles. The molecule has 0 radical (unpaired) electrons. The molecule has 0 amide bonds. The summed E-state index contributed by atoms with van der Waals surface area (Å²) in [5, 5.41) is 0. The molecule has 3 N–H and O–H groups in total. The van der Waals surface area contributed by atoms with Crippen molar-refractivity contribution in [2.45, 2.75) is 45.1 Å². The summed E-state index contributed by atoms with van der Waals surface area (Å²) in [6.07, 6.45) is 8.36. The molecule has 0 saturated heterocycles. The average molecular weight is 210 g/mol. The lowest BCUT2D eigenvalue weighted by molar-refractivity contribution is 0.150. The molecule has 2 aliphatic rings. The molecule has 2 rings (SSSR count). The molecule has 15 heavy (non-hydrogen) atoms. The molecule has 1 aliphatic heterocycles. The Morgan fingerprint density at radius 2 is 2.40 bits per heavy atom. The Labute approximate surface area is 92.0 Å². The lowest BCUT2D eigenvalue weighted by atomic mass is 9.94. The molecule has 3 heteroatoms. The molecule has 0 spiro atoms. The highest BCUT2D eigenvalue weighted by Crippen LogP contribution is 2.35. The minimum absolute atomic E-state index is 0.246. The van der Waals surface area contributed by atoms with Gasteiger partial charge in [-0.05, 0) is 43.6 Å². The number of hydrogen-bond donors (Lipinski definition) is 2. The van der Waals surface area contributed by atoms with E-state index in [2.05, 4.69) is 18.4 Å². The minimum Gasteiger partial charge on any atom is -0.497 e. The van der Waals surface area contributed by atoms with Crippen LogP contribution in [0.2, 0.25) is 0 Å². The molecule has 1 saturated carbocycles. The molecule has 86 valence electrons. The third kappa shape index (κ3) is 2.52. The van der Waals surface area contributed by atoms with Gasteiger partial charge >= 0.3 is 0 Å². The van der Waals surface area contributed by atoms with Gasteiger partial charge in [0.2, 0.25) is 0 Å². The van der Waals surface area contributed by atoms with Crippen LogP contribution in [0.5, 0.6) is 0 Å². The van der Waals surface area contributed by atoms with Crippen LogP contribution in [0.25, 0.3) is 0 Å². The number of nitrogens with two attached hydrogens (primary N) is 1. The normalized spacial score (nSPS) is 33.3. The van der Waals surface area contributed by atoms with Crippen molar-refractivity contribution >= 4 is 0 Å². The van der Waals surface area contributed by atoms with Crippen molar-refractivity contribution in [3.05, 3.63) is 11.8 Å². The van der Waals surface area contributed by atoms with Crippen LogP contribution in [0.15, 0.2) is 11.8 Å². The molecule has 1 aliphatic carbocycles. The zero-order valence-electron chi connectivity index (χ0n) is 9.54. The monoisotopic (exact) mass is 210 g/mol. The maximum atomic E-state index is 5.70. The van der Waals surface area contributed by atoms with Crippen molar-refractivity contribution in [1.29, 1.82) is 0 Å². The third-order valence-corrected chi connectivity index (χ3v) is 3.66. The smallest absolute Gasteiger partial charge is 0.111 e. The van der Waals surface area contributed by atoms with Crippen molar-refractivity contribution in [3.8, 4) is 0 Å². The maximum absolute atomic E-state index is 5.70. The predicted octanol–water partition coefficient (Wildman–Crippen LogP) is 1.95. The fourth-order valence-corrected chi connectivity index (χ4v) is 2.80. The third-order valence-electron chi connectivity index (χ3n) is 3.66. The Morgan fingerprint density at radius 3 is 2.93 bits per heavy atom. The summed E-state index contributed by atoms with van der Waals surface area (Å²) in [6.45, 7) is 3.18. The van der Waals surface area contributed by atoms with E-state index in [-0.39, 0.29) is 6.04 Å². The van der Waals surface area contributed by atoms with E-state index >= 15 is 0 Å². The van der Waals surface area contributed by atoms with Crippen molar-refractivity contribution in [3.63, 3.8) is 0 Å². The van der Waals surface area contributed by atoms with Gasteiger partial charge < -0.3 is 4.74 Å². The fourth-order valence-electron chi connectivity index (χ4n) is 2.80. The number of allylic oxidation sites excluding steroid dienone is 1. The highest BCUT2D eigenvalue weighted by atomic mass is 16.5. The Kier molecular flexibility index (Phi) is 3.65. The molecule has 1 fully saturated rings. The first-order valence-electron chi connectivity index (χ1n) is 6.10. The molecule has 3 unspecified atom stereocenters. The Bertz CT molecular complexity index is 240. The molecule has 0 aromatic rings. The van der Waals surface area contributed by atoms with Crippen molar-refractivity contribution in [2.75, 3.05) is 6.61 Å². The number of hydrazine groups is 1. The fraction of sp³-hybridized carbons (Fsp3) is 0.833. The van der Waals surface area contributed by atoms with Crippen LogP contribution in [-0.2, 0) is 4.74 Å². The van der Waals surface area contributed by atoms with E-state index in [1.54, 1.807) is 0 Å². The molecular formula is C12H22N2O. The summed E-state index contributed by atoms with van der Waals surface area (Å²) < 4.78 is 5.70. The largest absolute Gasteiger partial charge is 0.497 e. The van der Waals surface area contributed by atoms with E-state index in [0.717, 1.165) is 31.1 Å². The van der Waals surface area contributed by atoms with Gasteiger partial charge in [-0.3, -0.25) is 5.84 Å². The quantitative estimate of drug-likeness (QED) is 0.553. The zero-order valence-corrected chi connectivity index (χ0v) is 9.54. The number of hydrogen-bond acceptors (Lipinski definition) is 3. The predicted molar refractivity (Wildman–Crippen MR) is 60.9 cm³/mol. The van der Waals surface area contributed by atoms with E-state index in [1.807, 2.05) is 0 Å². The molecule has 0 bridgehead atoms. The molecule has 0 aromatic carbocycles. The van der Waals surface area contributed by atoms with Crippen LogP contribution in [0.4, 0.5) is 0 Å². The summed E-state index contributed by atoms with van der Waals surface area (Å²) in [5.74, 6) is 8.25. The summed E-state index contributed by atoms with van der Waals surface area (Å²) in [7, 11) is 0. The van der Waals surface area contributed by atoms with Gasteiger partial charge in [0.15, 0.2) is 0 Å². The van der Waals surface area contributed by atoms with Gasteiger partial charge in [0, 0.05) is 0 Å². The zero-order chi connectivity index (χ0) is 10.7. The second-order valence-corrected chi connectivity index (χ2v) is 4.92. The molecular weight excluding hydrogens is 188 g/mol. The van der Waals surface area contributed by atoms with Crippen molar-refractivity contribution in [2.24, 2.45) is 17.7 Å². The van der Waals surface area contributed by atoms with E-state index in [9.17, 15) is 0 Å². The number of rotatable bonds is 3. The van der Waals surface area contributed by atoms with Gasteiger partial charge in [0.1, 0.15) is 5.76 Å². The van der Waals surface area contributed by atoms with Crippen LogP contribution >= 0.6 is 0 Å². The van der Waals surface area contributed by atoms with Crippen LogP contribution < -0.4 is 11.3 Å². The van der Waals surface area contributed by atoms with E-state index in [0.29, 0.717) is 5.92 Å². The Hall–Kier alpha value is -0.540. The number of nitrogens with one attached hydrogen (secondary N) is 1. The first-order chi connectivity index (χ1) is 7.31. The standard InChI is InChI=1S/C12H22N2O/c1-9-5-6-10(8-9)12(14-13)11-4-2-3-7-15-11/h4,9-10,12,14H,2-3,5-8,13H2,1H3. The van der Waals surface area contributed by atoms with Crippen LogP contribution in [-0.4, -0.2) is 12.6 Å². The topological polar surface area (TPSA) is 47.3 Å². The summed E-state index contributed by atoms with van der Waals surface area (Å²) in [5.41, 5.74) is 2.94. The van der Waals surface area contributed by atoms with Gasteiger partial charge in [0.25, 0.3) is 0 Å². The second-order valence-electron chi connectivity index (χ2n) is 4.92. The van der Waals surface area contributed by atoms with Gasteiger partial charge in [0.05, 0.1) is 12.6 Å². The van der Waals surface area contributed by atoms with Crippen molar-refractivity contribution in [1.82, 2.24) is 5.43 Å². The Balaban J connectivity index is 1.99. The van der Waals surface area contributed by atoms with E-state index in [1.165, 1.54) is 19.3 Å². The van der Waals surface area contributed by atoms with Gasteiger partial charge in [-0.15, -0.1) is 0 Å².